The van der Waals surface area contributed by atoms with Gasteiger partial charge in [0.1, 0.15) is 10.7 Å². The molecule has 22 heavy (non-hydrogen) atoms. The lowest BCUT2D eigenvalue weighted by Crippen LogP contribution is -2.35. The first-order valence-electron chi connectivity index (χ1n) is 8.00. The molecule has 2 rings (SSSR count). The monoisotopic (exact) mass is 386 g/mol. The van der Waals surface area contributed by atoms with Crippen LogP contribution in [0.3, 0.4) is 0 Å². The van der Waals surface area contributed by atoms with E-state index in [4.69, 9.17) is 14.6 Å². The zero-order valence-corrected chi connectivity index (χ0v) is 15.9. The number of aliphatic hydroxyl groups excluding tert-OH is 1. The van der Waals surface area contributed by atoms with Crippen LogP contribution in [0.25, 0.3) is 0 Å². The molecule has 2 aliphatic heterocycles. The number of halogens is 3. The first-order chi connectivity index (χ1) is 9.99. The fraction of sp³-hybridized carbons (Fsp3) is 1.00. The van der Waals surface area contributed by atoms with Crippen molar-refractivity contribution in [1.82, 2.24) is 0 Å². The van der Waals surface area contributed by atoms with E-state index in [1.807, 2.05) is 20.8 Å². The van der Waals surface area contributed by atoms with E-state index >= 15 is 0 Å². The number of rotatable bonds is 2. The van der Waals surface area contributed by atoms with E-state index in [0.717, 1.165) is 12.8 Å². The highest BCUT2D eigenvalue weighted by molar-refractivity contribution is 9.09. The molecule has 1 N–H and O–H groups in total. The van der Waals surface area contributed by atoms with E-state index in [2.05, 4.69) is 15.9 Å². The second kappa shape index (κ2) is 7.41. The average Bonchev–Trinajstić information content (AvgIpc) is 2.78. The van der Waals surface area contributed by atoms with Gasteiger partial charge in [-0.15, -0.1) is 0 Å². The van der Waals surface area contributed by atoms with Gasteiger partial charge in [-0.25, -0.2) is 8.78 Å². The second-order valence-corrected chi connectivity index (χ2v) is 7.55. The van der Waals surface area contributed by atoms with Gasteiger partial charge in [0.2, 0.25) is 0 Å². The first-order valence-corrected chi connectivity index (χ1v) is 8.92. The summed E-state index contributed by atoms with van der Waals surface area (Å²) in [6, 6.07) is 0. The maximum Gasteiger partial charge on any atom is 0.189 e. The van der Waals surface area contributed by atoms with E-state index in [1.165, 1.54) is 6.92 Å². The Morgan fingerprint density at radius 3 is 1.55 bits per heavy atom. The van der Waals surface area contributed by atoms with Gasteiger partial charge in [-0.3, -0.25) is 0 Å². The van der Waals surface area contributed by atoms with Crippen LogP contribution in [0, 0.1) is 11.8 Å². The molecule has 2 saturated heterocycles. The van der Waals surface area contributed by atoms with Crippen LogP contribution in [0.4, 0.5) is 8.78 Å². The predicted molar refractivity (Wildman–Crippen MR) is 86.4 cm³/mol. The molecule has 2 aliphatic rings. The molecule has 0 aromatic rings. The molecule has 0 aliphatic carbocycles. The fourth-order valence-electron chi connectivity index (χ4n) is 2.88. The quantitative estimate of drug-likeness (QED) is 0.716. The van der Waals surface area contributed by atoms with Gasteiger partial charge in [-0.05, 0) is 26.7 Å². The van der Waals surface area contributed by atoms with Crippen LogP contribution in [-0.2, 0) is 9.47 Å². The van der Waals surface area contributed by atoms with E-state index in [9.17, 15) is 8.78 Å². The van der Waals surface area contributed by atoms with Crippen molar-refractivity contribution in [1.29, 1.82) is 0 Å². The van der Waals surface area contributed by atoms with Crippen LogP contribution in [0.5, 0.6) is 0 Å². The van der Waals surface area contributed by atoms with Crippen LogP contribution in [0.2, 0.25) is 0 Å². The van der Waals surface area contributed by atoms with Crippen molar-refractivity contribution < 1.29 is 23.4 Å². The van der Waals surface area contributed by atoms with Gasteiger partial charge >= 0.3 is 0 Å². The molecule has 0 amide bonds. The van der Waals surface area contributed by atoms with Crippen LogP contribution in [-0.4, -0.2) is 40.0 Å². The molecule has 0 radical (unpaired) electrons. The van der Waals surface area contributed by atoms with Gasteiger partial charge < -0.3 is 14.6 Å². The summed E-state index contributed by atoms with van der Waals surface area (Å²) in [6.45, 7) is 10.6. The Bertz CT molecular complexity index is 331. The molecular formula is C16H29BrF2O3. The Labute approximate surface area is 140 Å². The summed E-state index contributed by atoms with van der Waals surface area (Å²) < 4.78 is 37.5. The number of alkyl halides is 3. The van der Waals surface area contributed by atoms with Crippen molar-refractivity contribution >= 4 is 15.9 Å². The lowest BCUT2D eigenvalue weighted by molar-refractivity contribution is -0.138. The van der Waals surface area contributed by atoms with Gasteiger partial charge in [0.05, 0.1) is 12.2 Å². The van der Waals surface area contributed by atoms with Gasteiger partial charge in [-0.1, -0.05) is 43.6 Å². The number of hydrogen-bond donors (Lipinski definition) is 1. The molecule has 2 heterocycles. The highest BCUT2D eigenvalue weighted by atomic mass is 79.9. The van der Waals surface area contributed by atoms with Crippen molar-refractivity contribution in [2.24, 2.45) is 11.8 Å². The van der Waals surface area contributed by atoms with Crippen LogP contribution < -0.4 is 0 Å². The van der Waals surface area contributed by atoms with Crippen LogP contribution in [0.1, 0.15) is 54.4 Å². The lowest BCUT2D eigenvalue weighted by atomic mass is 9.89. The van der Waals surface area contributed by atoms with Crippen molar-refractivity contribution in [2.45, 2.75) is 89.2 Å². The molecule has 0 aromatic carbocycles. The third kappa shape index (κ3) is 3.82. The molecule has 0 bridgehead atoms. The molecule has 8 atom stereocenters. The smallest absolute Gasteiger partial charge is 0.189 e. The van der Waals surface area contributed by atoms with Crippen molar-refractivity contribution in [3.63, 3.8) is 0 Å². The van der Waals surface area contributed by atoms with Gasteiger partial charge in [-0.2, -0.15) is 0 Å². The topological polar surface area (TPSA) is 38.7 Å². The highest BCUT2D eigenvalue weighted by Gasteiger charge is 2.51. The molecule has 0 spiro atoms. The maximum atomic E-state index is 13.7. The summed E-state index contributed by atoms with van der Waals surface area (Å²) >= 11 is 3.18. The Morgan fingerprint density at radius 2 is 1.36 bits per heavy atom. The van der Waals surface area contributed by atoms with Crippen LogP contribution >= 0.6 is 15.9 Å². The Kier molecular flexibility index (Phi) is 6.82. The van der Waals surface area contributed by atoms with Crippen molar-refractivity contribution in [3.8, 4) is 0 Å². The summed E-state index contributed by atoms with van der Waals surface area (Å²) in [7, 11) is 0. The Hall–Kier alpha value is 0.220. The van der Waals surface area contributed by atoms with Crippen molar-refractivity contribution in [2.75, 3.05) is 0 Å². The van der Waals surface area contributed by atoms with Crippen molar-refractivity contribution in [3.05, 3.63) is 0 Å². The standard InChI is InChI=1S/C8H14BrFO.C8H15FO2/c1-4-6-5(2)8(3,10)7(9)11-6;1-4-6-5(2)8(3,9)7(10)11-6/h5-7H,4H2,1-3H3;5-7,10H,4H2,1-3H3/t2*5-,6-,7?,8-/m11/s1. The summed E-state index contributed by atoms with van der Waals surface area (Å²) in [5.74, 6) is -0.237. The molecular weight excluding hydrogens is 358 g/mol. The summed E-state index contributed by atoms with van der Waals surface area (Å²) in [6.07, 6.45) is 0.303. The number of aliphatic hydroxyl groups is 1. The third-order valence-corrected chi connectivity index (χ3v) is 6.34. The third-order valence-electron chi connectivity index (χ3n) is 5.23. The molecule has 0 aromatic heterocycles. The highest BCUT2D eigenvalue weighted by Crippen LogP contribution is 2.42. The molecule has 0 saturated carbocycles. The summed E-state index contributed by atoms with van der Waals surface area (Å²) in [5.41, 5.74) is -2.80. The number of ether oxygens (including phenoxy) is 2. The van der Waals surface area contributed by atoms with Gasteiger partial charge in [0, 0.05) is 11.8 Å². The largest absolute Gasteiger partial charge is 0.365 e. The normalized spacial score (nSPS) is 51.5. The SMILES string of the molecule is CC[C@H]1OC(Br)[C@](C)(F)[C@@H]1C.CC[C@H]1OC(O)[C@](C)(F)[C@@H]1C. The fourth-order valence-corrected chi connectivity index (χ4v) is 3.57. The van der Waals surface area contributed by atoms with E-state index in [-0.39, 0.29) is 24.0 Å². The second-order valence-electron chi connectivity index (χ2n) is 6.71. The zero-order valence-electron chi connectivity index (χ0n) is 14.3. The number of hydrogen-bond acceptors (Lipinski definition) is 3. The minimum absolute atomic E-state index is 0.0168. The van der Waals surface area contributed by atoms with E-state index in [1.54, 1.807) is 13.8 Å². The minimum Gasteiger partial charge on any atom is -0.365 e. The molecule has 6 heteroatoms. The molecule has 3 nitrogen and oxygen atoms in total. The van der Waals surface area contributed by atoms with Gasteiger partial charge in [0.15, 0.2) is 12.0 Å². The minimum atomic E-state index is -1.58. The first kappa shape index (κ1) is 20.3. The Balaban J connectivity index is 0.000000220. The summed E-state index contributed by atoms with van der Waals surface area (Å²) in [5, 5.41) is 8.70. The zero-order chi connectivity index (χ0) is 17.3. The van der Waals surface area contributed by atoms with Crippen LogP contribution in [0.15, 0.2) is 0 Å². The molecule has 2 fully saturated rings. The van der Waals surface area contributed by atoms with E-state index < -0.39 is 22.6 Å². The Morgan fingerprint density at radius 1 is 0.955 bits per heavy atom. The maximum absolute atomic E-state index is 13.7. The average molecular weight is 387 g/mol. The molecule has 2 unspecified atom stereocenters. The van der Waals surface area contributed by atoms with Gasteiger partial charge in [0.25, 0.3) is 0 Å². The molecule has 132 valence electrons. The lowest BCUT2D eigenvalue weighted by Gasteiger charge is -2.20. The summed E-state index contributed by atoms with van der Waals surface area (Å²) in [4.78, 5) is 0. The van der Waals surface area contributed by atoms with E-state index in [0.29, 0.717) is 0 Å². The predicted octanol–water partition coefficient (Wildman–Crippen LogP) is 4.36.